The lowest BCUT2D eigenvalue weighted by Gasteiger charge is -2.22. The quantitative estimate of drug-likeness (QED) is 0.594. The predicted octanol–water partition coefficient (Wildman–Crippen LogP) is 1.68. The SMILES string of the molecule is CCOCCN(CCOCC)Cc1cccc(CNC)n1. The summed E-state index contributed by atoms with van der Waals surface area (Å²) in [5.74, 6) is 0. The van der Waals surface area contributed by atoms with Crippen LogP contribution in [0.25, 0.3) is 0 Å². The van der Waals surface area contributed by atoms with Gasteiger partial charge in [0.25, 0.3) is 0 Å². The second-order valence-corrected chi connectivity index (χ2v) is 4.82. The molecule has 0 spiro atoms. The van der Waals surface area contributed by atoms with Crippen molar-refractivity contribution in [3.63, 3.8) is 0 Å². The number of nitrogens with zero attached hydrogens (tertiary/aromatic N) is 2. The second kappa shape index (κ2) is 11.6. The zero-order valence-electron chi connectivity index (χ0n) is 13.6. The summed E-state index contributed by atoms with van der Waals surface area (Å²) in [4.78, 5) is 7.00. The highest BCUT2D eigenvalue weighted by molar-refractivity contribution is 5.11. The van der Waals surface area contributed by atoms with Crippen molar-refractivity contribution in [2.75, 3.05) is 46.6 Å². The molecule has 0 aliphatic rings. The molecule has 1 aromatic rings. The van der Waals surface area contributed by atoms with Crippen LogP contribution >= 0.6 is 0 Å². The average Bonchev–Trinajstić information content (AvgIpc) is 2.48. The molecule has 0 aliphatic heterocycles. The molecule has 21 heavy (non-hydrogen) atoms. The Kier molecular flexibility index (Phi) is 9.99. The molecule has 120 valence electrons. The first-order chi connectivity index (χ1) is 10.3. The van der Waals surface area contributed by atoms with Crippen LogP contribution in [0.15, 0.2) is 18.2 Å². The van der Waals surface area contributed by atoms with E-state index in [9.17, 15) is 0 Å². The lowest BCUT2D eigenvalue weighted by atomic mass is 10.2. The van der Waals surface area contributed by atoms with E-state index in [1.807, 2.05) is 27.0 Å². The normalized spacial score (nSPS) is 11.2. The fourth-order valence-corrected chi connectivity index (χ4v) is 2.07. The third kappa shape index (κ3) is 8.12. The van der Waals surface area contributed by atoms with Crippen LogP contribution in [-0.4, -0.2) is 56.4 Å². The maximum Gasteiger partial charge on any atom is 0.0593 e. The van der Waals surface area contributed by atoms with E-state index in [1.54, 1.807) is 0 Å². The molecule has 0 fully saturated rings. The monoisotopic (exact) mass is 295 g/mol. The molecule has 1 N–H and O–H groups in total. The molecule has 0 bridgehead atoms. The van der Waals surface area contributed by atoms with Gasteiger partial charge in [-0.3, -0.25) is 9.88 Å². The Morgan fingerprint density at radius 1 is 1.05 bits per heavy atom. The van der Waals surface area contributed by atoms with Crippen LogP contribution in [0.5, 0.6) is 0 Å². The van der Waals surface area contributed by atoms with Gasteiger partial charge in [-0.2, -0.15) is 0 Å². The number of nitrogens with one attached hydrogen (secondary N) is 1. The Bertz CT molecular complexity index is 364. The van der Waals surface area contributed by atoms with Crippen LogP contribution in [-0.2, 0) is 22.6 Å². The van der Waals surface area contributed by atoms with E-state index in [0.717, 1.165) is 64.0 Å². The van der Waals surface area contributed by atoms with Gasteiger partial charge in [-0.1, -0.05) is 6.07 Å². The zero-order chi connectivity index (χ0) is 15.3. The largest absolute Gasteiger partial charge is 0.380 e. The maximum absolute atomic E-state index is 5.46. The van der Waals surface area contributed by atoms with E-state index in [0.29, 0.717) is 0 Å². The summed E-state index contributed by atoms with van der Waals surface area (Å²) in [6.07, 6.45) is 0. The second-order valence-electron chi connectivity index (χ2n) is 4.82. The Hall–Kier alpha value is -1.01. The van der Waals surface area contributed by atoms with Crippen molar-refractivity contribution in [3.05, 3.63) is 29.6 Å². The molecule has 0 aromatic carbocycles. The van der Waals surface area contributed by atoms with Gasteiger partial charge in [-0.15, -0.1) is 0 Å². The minimum atomic E-state index is 0.749. The molecular formula is C16H29N3O2. The molecule has 5 heteroatoms. The van der Waals surface area contributed by atoms with Crippen molar-refractivity contribution in [1.29, 1.82) is 0 Å². The van der Waals surface area contributed by atoms with Gasteiger partial charge in [-0.25, -0.2) is 0 Å². The number of ether oxygens (including phenoxy) is 2. The first-order valence-corrected chi connectivity index (χ1v) is 7.77. The van der Waals surface area contributed by atoms with Crippen molar-refractivity contribution in [2.45, 2.75) is 26.9 Å². The highest BCUT2D eigenvalue weighted by Gasteiger charge is 2.07. The Labute approximate surface area is 128 Å². The van der Waals surface area contributed by atoms with Crippen LogP contribution in [0, 0.1) is 0 Å². The Balaban J connectivity index is 2.54. The molecular weight excluding hydrogens is 266 g/mol. The molecule has 0 aliphatic carbocycles. The van der Waals surface area contributed by atoms with Crippen LogP contribution in [0.1, 0.15) is 25.2 Å². The third-order valence-corrected chi connectivity index (χ3v) is 3.12. The third-order valence-electron chi connectivity index (χ3n) is 3.12. The van der Waals surface area contributed by atoms with E-state index >= 15 is 0 Å². The minimum Gasteiger partial charge on any atom is -0.380 e. The highest BCUT2D eigenvalue weighted by Crippen LogP contribution is 2.04. The van der Waals surface area contributed by atoms with Gasteiger partial charge in [0.1, 0.15) is 0 Å². The number of pyridine rings is 1. The van der Waals surface area contributed by atoms with Gasteiger partial charge >= 0.3 is 0 Å². The lowest BCUT2D eigenvalue weighted by molar-refractivity contribution is 0.0792. The van der Waals surface area contributed by atoms with Crippen molar-refractivity contribution in [3.8, 4) is 0 Å². The smallest absolute Gasteiger partial charge is 0.0593 e. The lowest BCUT2D eigenvalue weighted by Crippen LogP contribution is -2.31. The predicted molar refractivity (Wildman–Crippen MR) is 85.3 cm³/mol. The van der Waals surface area contributed by atoms with E-state index in [-0.39, 0.29) is 0 Å². The van der Waals surface area contributed by atoms with Gasteiger partial charge < -0.3 is 14.8 Å². The standard InChI is InChI=1S/C16H29N3O2/c1-4-20-11-9-19(10-12-21-5-2)14-16-8-6-7-15(18-16)13-17-3/h6-8,17H,4-5,9-14H2,1-3H3. The van der Waals surface area contributed by atoms with E-state index in [4.69, 9.17) is 9.47 Å². The minimum absolute atomic E-state index is 0.749. The molecule has 1 rings (SSSR count). The van der Waals surface area contributed by atoms with Crippen molar-refractivity contribution >= 4 is 0 Å². The van der Waals surface area contributed by atoms with Crippen molar-refractivity contribution in [2.24, 2.45) is 0 Å². The average molecular weight is 295 g/mol. The Morgan fingerprint density at radius 2 is 1.67 bits per heavy atom. The summed E-state index contributed by atoms with van der Waals surface area (Å²) >= 11 is 0. The van der Waals surface area contributed by atoms with E-state index in [2.05, 4.69) is 27.3 Å². The molecule has 0 atom stereocenters. The summed E-state index contributed by atoms with van der Waals surface area (Å²) in [6, 6.07) is 6.19. The van der Waals surface area contributed by atoms with Gasteiger partial charge in [0.2, 0.25) is 0 Å². The molecule has 0 saturated carbocycles. The summed E-state index contributed by atoms with van der Waals surface area (Å²) in [7, 11) is 1.94. The van der Waals surface area contributed by atoms with Crippen LogP contribution < -0.4 is 5.32 Å². The van der Waals surface area contributed by atoms with Gasteiger partial charge in [-0.05, 0) is 33.0 Å². The molecule has 1 aromatic heterocycles. The van der Waals surface area contributed by atoms with Crippen molar-refractivity contribution < 1.29 is 9.47 Å². The summed E-state index contributed by atoms with van der Waals surface area (Å²) in [6.45, 7) is 10.5. The topological polar surface area (TPSA) is 46.6 Å². The number of hydrogen-bond donors (Lipinski definition) is 1. The Morgan fingerprint density at radius 3 is 2.24 bits per heavy atom. The number of aromatic nitrogens is 1. The molecule has 0 saturated heterocycles. The van der Waals surface area contributed by atoms with Gasteiger partial charge in [0, 0.05) is 39.4 Å². The van der Waals surface area contributed by atoms with Crippen LogP contribution in [0.2, 0.25) is 0 Å². The maximum atomic E-state index is 5.46. The number of rotatable bonds is 12. The van der Waals surface area contributed by atoms with E-state index < -0.39 is 0 Å². The fourth-order valence-electron chi connectivity index (χ4n) is 2.07. The molecule has 0 radical (unpaired) electrons. The fraction of sp³-hybridized carbons (Fsp3) is 0.688. The highest BCUT2D eigenvalue weighted by atomic mass is 16.5. The molecule has 0 amide bonds. The van der Waals surface area contributed by atoms with E-state index in [1.165, 1.54) is 0 Å². The zero-order valence-corrected chi connectivity index (χ0v) is 13.6. The summed E-state index contributed by atoms with van der Waals surface area (Å²) in [5.41, 5.74) is 2.17. The number of hydrogen-bond acceptors (Lipinski definition) is 5. The van der Waals surface area contributed by atoms with Gasteiger partial charge in [0.15, 0.2) is 0 Å². The molecule has 1 heterocycles. The molecule has 0 unspecified atom stereocenters. The van der Waals surface area contributed by atoms with Crippen molar-refractivity contribution in [1.82, 2.24) is 15.2 Å². The van der Waals surface area contributed by atoms with Crippen LogP contribution in [0.4, 0.5) is 0 Å². The van der Waals surface area contributed by atoms with Crippen LogP contribution in [0.3, 0.4) is 0 Å². The molecule has 5 nitrogen and oxygen atoms in total. The van der Waals surface area contributed by atoms with Gasteiger partial charge in [0.05, 0.1) is 24.6 Å². The first kappa shape index (κ1) is 18.0. The first-order valence-electron chi connectivity index (χ1n) is 7.77. The summed E-state index contributed by atoms with van der Waals surface area (Å²) < 4.78 is 10.9. The summed E-state index contributed by atoms with van der Waals surface area (Å²) in [5, 5.41) is 3.13.